The van der Waals surface area contributed by atoms with Crippen LogP contribution in [0.15, 0.2) is 205 Å². The normalized spacial score (nSPS) is 11.6. The van der Waals surface area contributed by atoms with Crippen LogP contribution in [0.5, 0.6) is 0 Å². The predicted molar refractivity (Wildman–Crippen MR) is 235 cm³/mol. The van der Waals surface area contributed by atoms with E-state index in [0.717, 1.165) is 39.0 Å². The molecule has 0 spiro atoms. The van der Waals surface area contributed by atoms with E-state index in [1.807, 2.05) is 23.5 Å². The molecule has 0 bridgehead atoms. The Kier molecular flexibility index (Phi) is 7.39. The first-order valence-electron chi connectivity index (χ1n) is 18.7. The van der Waals surface area contributed by atoms with Gasteiger partial charge in [0.15, 0.2) is 0 Å². The molecule has 0 fully saturated rings. The molecular weight excluding hydrogens is 687 g/mol. The molecule has 0 amide bonds. The Balaban J connectivity index is 1.10. The molecule has 9 aromatic carbocycles. The highest BCUT2D eigenvalue weighted by Gasteiger charge is 2.20. The number of anilines is 3. The van der Waals surface area contributed by atoms with Gasteiger partial charge in [-0.15, -0.1) is 11.3 Å². The fourth-order valence-corrected chi connectivity index (χ4v) is 9.43. The fourth-order valence-electron chi connectivity index (χ4n) is 8.19. The van der Waals surface area contributed by atoms with Gasteiger partial charge in [-0.2, -0.15) is 0 Å². The molecule has 0 atom stereocenters. The lowest BCUT2D eigenvalue weighted by Gasteiger charge is -2.27. The summed E-state index contributed by atoms with van der Waals surface area (Å²) in [6.45, 7) is 0. The maximum atomic E-state index is 6.44. The summed E-state index contributed by atoms with van der Waals surface area (Å²) in [5.74, 6) is 0. The lowest BCUT2D eigenvalue weighted by atomic mass is 9.92. The number of furan rings is 1. The van der Waals surface area contributed by atoms with E-state index in [4.69, 9.17) is 4.42 Å². The van der Waals surface area contributed by atoms with Crippen LogP contribution in [0.2, 0.25) is 0 Å². The van der Waals surface area contributed by atoms with Crippen LogP contribution in [-0.4, -0.2) is 0 Å². The minimum absolute atomic E-state index is 0.868. The zero-order valence-corrected chi connectivity index (χ0v) is 30.6. The second-order valence-electron chi connectivity index (χ2n) is 14.1. The van der Waals surface area contributed by atoms with E-state index < -0.39 is 0 Å². The molecular formula is C52H33NOS. The lowest BCUT2D eigenvalue weighted by molar-refractivity contribution is 0.669. The van der Waals surface area contributed by atoms with E-state index in [1.54, 1.807) is 0 Å². The highest BCUT2D eigenvalue weighted by Crippen LogP contribution is 2.46. The van der Waals surface area contributed by atoms with Gasteiger partial charge in [0, 0.05) is 59.6 Å². The smallest absolute Gasteiger partial charge is 0.137 e. The minimum Gasteiger partial charge on any atom is -0.456 e. The van der Waals surface area contributed by atoms with Crippen LogP contribution in [0.3, 0.4) is 0 Å². The largest absolute Gasteiger partial charge is 0.456 e. The van der Waals surface area contributed by atoms with Gasteiger partial charge in [0.25, 0.3) is 0 Å². The molecule has 55 heavy (non-hydrogen) atoms. The lowest BCUT2D eigenvalue weighted by Crippen LogP contribution is -2.10. The molecule has 3 heteroatoms. The molecule has 2 heterocycles. The third kappa shape index (κ3) is 5.40. The molecule has 2 nitrogen and oxygen atoms in total. The van der Waals surface area contributed by atoms with Crippen molar-refractivity contribution < 1.29 is 4.42 Å². The minimum atomic E-state index is 0.868. The van der Waals surface area contributed by atoms with Crippen molar-refractivity contribution in [1.29, 1.82) is 0 Å². The van der Waals surface area contributed by atoms with Gasteiger partial charge < -0.3 is 9.32 Å². The molecule has 11 aromatic rings. The highest BCUT2D eigenvalue weighted by molar-refractivity contribution is 7.26. The van der Waals surface area contributed by atoms with E-state index in [9.17, 15) is 0 Å². The van der Waals surface area contributed by atoms with Gasteiger partial charge in [-0.1, -0.05) is 140 Å². The van der Waals surface area contributed by atoms with Crippen LogP contribution in [0, 0.1) is 0 Å². The maximum absolute atomic E-state index is 6.44. The Morgan fingerprint density at radius 3 is 1.91 bits per heavy atom. The number of hydrogen-bond donors (Lipinski definition) is 0. The third-order valence-electron chi connectivity index (χ3n) is 10.9. The summed E-state index contributed by atoms with van der Waals surface area (Å²) < 4.78 is 9.06. The molecule has 0 aliphatic carbocycles. The van der Waals surface area contributed by atoms with Crippen LogP contribution < -0.4 is 4.90 Å². The van der Waals surface area contributed by atoms with E-state index in [-0.39, 0.29) is 0 Å². The SMILES string of the molecule is c1ccc(-c2cc(N(c3ccc(-c4ccc5ccccc5c4)cc3)c3ccc4c(c3)oc3ccccc34)ccc2-c2cccc3c2sc2ccccc23)cc1. The number of nitrogens with zero attached hydrogens (tertiary/aromatic N) is 1. The highest BCUT2D eigenvalue weighted by atomic mass is 32.1. The Morgan fingerprint density at radius 2 is 1.02 bits per heavy atom. The summed E-state index contributed by atoms with van der Waals surface area (Å²) in [4.78, 5) is 2.35. The summed E-state index contributed by atoms with van der Waals surface area (Å²) in [5, 5.41) is 7.33. The van der Waals surface area contributed by atoms with Gasteiger partial charge in [-0.3, -0.25) is 0 Å². The second-order valence-corrected chi connectivity index (χ2v) is 15.2. The summed E-state index contributed by atoms with van der Waals surface area (Å²) in [6.07, 6.45) is 0. The van der Waals surface area contributed by atoms with Crippen molar-refractivity contribution in [2.75, 3.05) is 4.90 Å². The van der Waals surface area contributed by atoms with Gasteiger partial charge in [0.2, 0.25) is 0 Å². The van der Waals surface area contributed by atoms with Crippen LogP contribution in [0.4, 0.5) is 17.1 Å². The zero-order chi connectivity index (χ0) is 36.3. The zero-order valence-electron chi connectivity index (χ0n) is 29.8. The first-order chi connectivity index (χ1) is 27.2. The van der Waals surface area contributed by atoms with Crippen molar-refractivity contribution in [3.8, 4) is 33.4 Å². The number of para-hydroxylation sites is 1. The van der Waals surface area contributed by atoms with Crippen molar-refractivity contribution in [2.45, 2.75) is 0 Å². The molecule has 0 saturated carbocycles. The van der Waals surface area contributed by atoms with Gasteiger partial charge >= 0.3 is 0 Å². The summed E-state index contributed by atoms with van der Waals surface area (Å²) >= 11 is 1.87. The maximum Gasteiger partial charge on any atom is 0.137 e. The summed E-state index contributed by atoms with van der Waals surface area (Å²) in [5.41, 5.74) is 12.1. The monoisotopic (exact) mass is 719 g/mol. The van der Waals surface area contributed by atoms with Gasteiger partial charge in [0.1, 0.15) is 11.2 Å². The van der Waals surface area contributed by atoms with Crippen molar-refractivity contribution >= 4 is 81.3 Å². The Morgan fingerprint density at radius 1 is 0.345 bits per heavy atom. The molecule has 0 radical (unpaired) electrons. The number of thiophene rings is 1. The molecule has 0 aliphatic rings. The molecule has 0 unspecified atom stereocenters. The Labute approximate surface area is 322 Å². The summed E-state index contributed by atoms with van der Waals surface area (Å²) in [6, 6.07) is 72.2. The number of rotatable bonds is 6. The standard InChI is InChI=1S/C52H33NOS/c1-2-12-36(13-3-1)48-32-40(27-29-42(48)46-17-10-18-47-45-16-7-9-20-51(45)55-52(46)47)53(41-28-30-44-43-15-6-8-19-49(43)54-50(44)33-41)39-25-23-35(24-26-39)38-22-21-34-11-4-5-14-37(34)31-38/h1-33H. The van der Waals surface area contributed by atoms with Crippen molar-refractivity contribution in [2.24, 2.45) is 0 Å². The Bertz CT molecular complexity index is 3210. The molecule has 0 saturated heterocycles. The second kappa shape index (κ2) is 12.9. The quantitative estimate of drug-likeness (QED) is 0.170. The Hall–Kier alpha value is -6.94. The van der Waals surface area contributed by atoms with Crippen LogP contribution in [0.25, 0.3) is 86.3 Å². The first kappa shape index (κ1) is 31.6. The van der Waals surface area contributed by atoms with E-state index in [0.29, 0.717) is 0 Å². The van der Waals surface area contributed by atoms with Crippen molar-refractivity contribution in [3.63, 3.8) is 0 Å². The molecule has 0 aliphatic heterocycles. The third-order valence-corrected chi connectivity index (χ3v) is 12.1. The summed E-state index contributed by atoms with van der Waals surface area (Å²) in [7, 11) is 0. The van der Waals surface area contributed by atoms with E-state index in [1.165, 1.54) is 64.3 Å². The average molecular weight is 720 g/mol. The topological polar surface area (TPSA) is 16.4 Å². The van der Waals surface area contributed by atoms with Crippen molar-refractivity contribution in [3.05, 3.63) is 200 Å². The average Bonchev–Trinajstić information content (AvgIpc) is 3.82. The molecule has 0 N–H and O–H groups in total. The van der Waals surface area contributed by atoms with Gasteiger partial charge in [-0.05, 0) is 93.2 Å². The van der Waals surface area contributed by atoms with Gasteiger partial charge in [0.05, 0.1) is 0 Å². The van der Waals surface area contributed by atoms with Crippen LogP contribution in [-0.2, 0) is 0 Å². The first-order valence-corrected chi connectivity index (χ1v) is 19.5. The number of benzene rings is 9. The van der Waals surface area contributed by atoms with Crippen LogP contribution in [0.1, 0.15) is 0 Å². The van der Waals surface area contributed by atoms with E-state index in [2.05, 4.69) is 193 Å². The van der Waals surface area contributed by atoms with Crippen LogP contribution >= 0.6 is 11.3 Å². The molecule has 258 valence electrons. The van der Waals surface area contributed by atoms with E-state index >= 15 is 0 Å². The molecule has 11 rings (SSSR count). The number of hydrogen-bond acceptors (Lipinski definition) is 3. The number of fused-ring (bicyclic) bond motifs is 7. The predicted octanol–water partition coefficient (Wildman–Crippen LogP) is 15.6. The van der Waals surface area contributed by atoms with Crippen molar-refractivity contribution in [1.82, 2.24) is 0 Å². The van der Waals surface area contributed by atoms with Gasteiger partial charge in [-0.25, -0.2) is 0 Å². The fraction of sp³-hybridized carbons (Fsp3) is 0. The molecule has 2 aromatic heterocycles.